The number of benzene rings is 1. The molecular formula is C14H19N5OS. The molecule has 6 nitrogen and oxygen atoms in total. The zero-order valence-electron chi connectivity index (χ0n) is 12.6. The maximum absolute atomic E-state index is 12.5. The van der Waals surface area contributed by atoms with Crippen molar-refractivity contribution < 1.29 is 4.79 Å². The molecule has 0 fully saturated rings. The Labute approximate surface area is 128 Å². The second-order valence-corrected chi connectivity index (χ2v) is 6.21. The van der Waals surface area contributed by atoms with Gasteiger partial charge in [-0.2, -0.15) is 0 Å². The molecule has 1 amide bonds. The fraction of sp³-hybridized carbons (Fsp3) is 0.429. The molecule has 1 heterocycles. The van der Waals surface area contributed by atoms with Crippen LogP contribution < -0.4 is 0 Å². The third-order valence-corrected chi connectivity index (χ3v) is 4.13. The van der Waals surface area contributed by atoms with E-state index in [0.29, 0.717) is 5.16 Å². The Morgan fingerprint density at radius 1 is 1.24 bits per heavy atom. The Morgan fingerprint density at radius 2 is 1.90 bits per heavy atom. The lowest BCUT2D eigenvalue weighted by Gasteiger charge is -2.20. The molecule has 0 N–H and O–H groups in total. The molecule has 1 aromatic carbocycles. The van der Waals surface area contributed by atoms with Crippen molar-refractivity contribution in [3.63, 3.8) is 0 Å². The van der Waals surface area contributed by atoms with E-state index in [2.05, 4.69) is 15.5 Å². The first kappa shape index (κ1) is 15.5. The number of thioether (sulfide) groups is 1. The summed E-state index contributed by atoms with van der Waals surface area (Å²) >= 11 is 1.38. The molecule has 0 aliphatic heterocycles. The molecule has 0 aliphatic rings. The van der Waals surface area contributed by atoms with Crippen LogP contribution >= 0.6 is 11.8 Å². The van der Waals surface area contributed by atoms with E-state index in [1.807, 2.05) is 44.2 Å². The highest BCUT2D eigenvalue weighted by molar-refractivity contribution is 8.00. The molecular weight excluding hydrogens is 286 g/mol. The Kier molecular flexibility index (Phi) is 4.95. The lowest BCUT2D eigenvalue weighted by Crippen LogP contribution is -2.27. The summed E-state index contributed by atoms with van der Waals surface area (Å²) in [6.07, 6.45) is 0. The van der Waals surface area contributed by atoms with E-state index in [1.54, 1.807) is 23.7 Å². The van der Waals surface area contributed by atoms with Crippen LogP contribution in [-0.4, -0.2) is 45.1 Å². The number of carbonyl (C=O) groups excluding carboxylic acids is 1. The van der Waals surface area contributed by atoms with Crippen LogP contribution in [0.5, 0.6) is 0 Å². The second kappa shape index (κ2) is 6.71. The normalized spacial score (nSPS) is 12.4. The number of carbonyl (C=O) groups is 1. The number of nitrogens with zero attached hydrogens (tertiary/aromatic N) is 5. The number of hydrogen-bond donors (Lipinski definition) is 0. The van der Waals surface area contributed by atoms with Crippen molar-refractivity contribution in [3.05, 3.63) is 35.9 Å². The van der Waals surface area contributed by atoms with Gasteiger partial charge in [0.05, 0.1) is 6.04 Å². The van der Waals surface area contributed by atoms with Crippen molar-refractivity contribution in [1.29, 1.82) is 0 Å². The number of amides is 1. The molecule has 0 spiro atoms. The van der Waals surface area contributed by atoms with Gasteiger partial charge < -0.3 is 4.90 Å². The van der Waals surface area contributed by atoms with Crippen LogP contribution in [0, 0.1) is 0 Å². The van der Waals surface area contributed by atoms with E-state index in [1.165, 1.54) is 11.8 Å². The summed E-state index contributed by atoms with van der Waals surface area (Å²) in [5, 5.41) is 12.0. The molecule has 1 aromatic heterocycles. The van der Waals surface area contributed by atoms with Crippen LogP contribution in [0.2, 0.25) is 0 Å². The number of likely N-dealkylation sites (N-methyl/N-ethyl adjacent to an activating group) is 1. The first-order chi connectivity index (χ1) is 10.0. The predicted octanol–water partition coefficient (Wildman–Crippen LogP) is 2.18. The smallest absolute Gasteiger partial charge is 0.240 e. The molecule has 21 heavy (non-hydrogen) atoms. The molecule has 0 aliphatic carbocycles. The van der Waals surface area contributed by atoms with Crippen molar-refractivity contribution in [2.24, 2.45) is 0 Å². The van der Waals surface area contributed by atoms with Gasteiger partial charge in [0, 0.05) is 14.1 Å². The lowest BCUT2D eigenvalue weighted by atomic mass is 10.1. The summed E-state index contributed by atoms with van der Waals surface area (Å²) in [4.78, 5) is 14.1. The topological polar surface area (TPSA) is 63.9 Å². The molecule has 2 rings (SSSR count). The molecule has 0 radical (unpaired) electrons. The van der Waals surface area contributed by atoms with Gasteiger partial charge in [0.15, 0.2) is 0 Å². The first-order valence-electron chi connectivity index (χ1n) is 6.71. The van der Waals surface area contributed by atoms with Gasteiger partial charge in [-0.3, -0.25) is 4.79 Å². The van der Waals surface area contributed by atoms with E-state index in [-0.39, 0.29) is 17.2 Å². The highest BCUT2D eigenvalue weighted by atomic mass is 32.2. The minimum atomic E-state index is -0.357. The Balaban J connectivity index is 2.33. The van der Waals surface area contributed by atoms with Gasteiger partial charge in [-0.1, -0.05) is 42.1 Å². The van der Waals surface area contributed by atoms with Gasteiger partial charge in [-0.25, -0.2) is 4.68 Å². The maximum atomic E-state index is 12.5. The monoisotopic (exact) mass is 305 g/mol. The third kappa shape index (κ3) is 3.60. The minimum absolute atomic E-state index is 0.0181. The van der Waals surface area contributed by atoms with Crippen LogP contribution in [-0.2, 0) is 4.79 Å². The average Bonchev–Trinajstić information content (AvgIpc) is 2.93. The summed E-state index contributed by atoms with van der Waals surface area (Å²) in [6, 6.07) is 9.83. The summed E-state index contributed by atoms with van der Waals surface area (Å²) in [6.45, 7) is 4.01. The molecule has 0 saturated carbocycles. The first-order valence-corrected chi connectivity index (χ1v) is 7.59. The number of rotatable bonds is 5. The van der Waals surface area contributed by atoms with E-state index in [9.17, 15) is 4.79 Å². The third-order valence-electron chi connectivity index (χ3n) is 2.94. The van der Waals surface area contributed by atoms with Gasteiger partial charge >= 0.3 is 0 Å². The van der Waals surface area contributed by atoms with Crippen molar-refractivity contribution in [3.8, 4) is 0 Å². The highest BCUT2D eigenvalue weighted by Gasteiger charge is 2.26. The van der Waals surface area contributed by atoms with Gasteiger partial charge in [0.25, 0.3) is 0 Å². The van der Waals surface area contributed by atoms with E-state index in [0.717, 1.165) is 5.56 Å². The highest BCUT2D eigenvalue weighted by Crippen LogP contribution is 2.35. The Bertz CT molecular complexity index is 596. The minimum Gasteiger partial charge on any atom is -0.348 e. The van der Waals surface area contributed by atoms with Crippen LogP contribution in [0.3, 0.4) is 0 Å². The van der Waals surface area contributed by atoms with Crippen LogP contribution in [0.1, 0.15) is 30.7 Å². The fourth-order valence-electron chi connectivity index (χ4n) is 1.82. The Hall–Kier alpha value is -1.89. The van der Waals surface area contributed by atoms with E-state index in [4.69, 9.17) is 0 Å². The van der Waals surface area contributed by atoms with Crippen molar-refractivity contribution >= 4 is 17.7 Å². The van der Waals surface area contributed by atoms with Crippen molar-refractivity contribution in [2.75, 3.05) is 14.1 Å². The molecule has 1 atom stereocenters. The summed E-state index contributed by atoms with van der Waals surface area (Å²) < 4.78 is 1.73. The van der Waals surface area contributed by atoms with E-state index < -0.39 is 0 Å². The maximum Gasteiger partial charge on any atom is 0.240 e. The van der Waals surface area contributed by atoms with Crippen molar-refractivity contribution in [1.82, 2.24) is 25.1 Å². The number of hydrogen-bond acceptors (Lipinski definition) is 5. The molecule has 0 saturated heterocycles. The Morgan fingerprint density at radius 3 is 2.48 bits per heavy atom. The number of tetrazole rings is 1. The van der Waals surface area contributed by atoms with Crippen LogP contribution in [0.25, 0.3) is 0 Å². The summed E-state index contributed by atoms with van der Waals surface area (Å²) in [7, 11) is 3.51. The van der Waals surface area contributed by atoms with Gasteiger partial charge in [0.2, 0.25) is 11.1 Å². The largest absolute Gasteiger partial charge is 0.348 e. The molecule has 7 heteroatoms. The SMILES string of the molecule is CC(C)n1nnnc1S[C@H](C(=O)N(C)C)c1ccccc1. The molecule has 0 bridgehead atoms. The predicted molar refractivity (Wildman–Crippen MR) is 81.9 cm³/mol. The lowest BCUT2D eigenvalue weighted by molar-refractivity contribution is -0.128. The molecule has 112 valence electrons. The average molecular weight is 305 g/mol. The van der Waals surface area contributed by atoms with E-state index >= 15 is 0 Å². The summed E-state index contributed by atoms with van der Waals surface area (Å²) in [5.74, 6) is 0.0181. The van der Waals surface area contributed by atoms with Crippen LogP contribution in [0.15, 0.2) is 35.5 Å². The zero-order chi connectivity index (χ0) is 15.4. The second-order valence-electron chi connectivity index (χ2n) is 5.14. The molecule has 0 unspecified atom stereocenters. The van der Waals surface area contributed by atoms with Gasteiger partial charge in [-0.15, -0.1) is 5.10 Å². The fourth-order valence-corrected chi connectivity index (χ4v) is 3.07. The van der Waals surface area contributed by atoms with Crippen molar-refractivity contribution in [2.45, 2.75) is 30.3 Å². The van der Waals surface area contributed by atoms with Crippen LogP contribution in [0.4, 0.5) is 0 Å². The quantitative estimate of drug-likeness (QED) is 0.792. The molecule has 2 aromatic rings. The number of aromatic nitrogens is 4. The van der Waals surface area contributed by atoms with Gasteiger partial charge in [-0.05, 0) is 29.8 Å². The zero-order valence-corrected chi connectivity index (χ0v) is 13.4. The summed E-state index contributed by atoms with van der Waals surface area (Å²) in [5.41, 5.74) is 0.944. The standard InChI is InChI=1S/C14H19N5OS/c1-10(2)19-14(15-16-17-19)21-12(13(20)18(3)4)11-8-6-5-7-9-11/h5-10,12H,1-4H3/t12-/m0/s1. The van der Waals surface area contributed by atoms with Gasteiger partial charge in [0.1, 0.15) is 5.25 Å².